The number of β-amino-alcohol motifs (C(OH)–C–C–N with tert-alkyl or cyclic N) is 1. The molecule has 0 unspecified atom stereocenters. The fourth-order valence-corrected chi connectivity index (χ4v) is 5.43. The number of fused-ring (bicyclic) bond motifs is 2. The maximum absolute atomic E-state index is 9.70. The molecule has 6 rings (SSSR count). The fourth-order valence-electron chi connectivity index (χ4n) is 5.43. The molecule has 4 aromatic rings. The fraction of sp³-hybridized carbons (Fsp3) is 0.300. The highest BCUT2D eigenvalue weighted by Gasteiger charge is 2.26. The molecular formula is C30H31N5O2. The summed E-state index contributed by atoms with van der Waals surface area (Å²) in [4.78, 5) is 18.3. The Balaban J connectivity index is 1.21. The second-order valence-corrected chi connectivity index (χ2v) is 9.72. The summed E-state index contributed by atoms with van der Waals surface area (Å²) in [5.74, 6) is 1.72. The SMILES string of the molecule is C=Cc1cnc2c(N3CCc4c(-c5cccc(OCCCN6CC[C@H](O)C6)c5)cccc43)ncnc2c1. The topological polar surface area (TPSA) is 74.6 Å². The van der Waals surface area contributed by atoms with Crippen LogP contribution in [0.3, 0.4) is 0 Å². The van der Waals surface area contributed by atoms with Crippen LogP contribution in [0.25, 0.3) is 28.2 Å². The molecule has 2 aliphatic heterocycles. The molecule has 0 saturated carbocycles. The largest absolute Gasteiger partial charge is 0.494 e. The lowest BCUT2D eigenvalue weighted by atomic mass is 9.98. The summed E-state index contributed by atoms with van der Waals surface area (Å²) in [6.45, 7) is 8.06. The van der Waals surface area contributed by atoms with Gasteiger partial charge in [0.15, 0.2) is 5.82 Å². The molecule has 1 saturated heterocycles. The number of aliphatic hydroxyl groups excluding tert-OH is 1. The van der Waals surface area contributed by atoms with Crippen LogP contribution in [0.1, 0.15) is 24.0 Å². The van der Waals surface area contributed by atoms with Crippen LogP contribution in [0.4, 0.5) is 11.5 Å². The average Bonchev–Trinajstić information content (AvgIpc) is 3.56. The van der Waals surface area contributed by atoms with Crippen molar-refractivity contribution in [3.63, 3.8) is 0 Å². The summed E-state index contributed by atoms with van der Waals surface area (Å²) in [5.41, 5.74) is 7.39. The Morgan fingerprint density at radius 1 is 1.08 bits per heavy atom. The Labute approximate surface area is 217 Å². The van der Waals surface area contributed by atoms with Crippen LogP contribution in [-0.4, -0.2) is 63.8 Å². The highest BCUT2D eigenvalue weighted by atomic mass is 16.5. The third-order valence-electron chi connectivity index (χ3n) is 7.28. The molecule has 7 nitrogen and oxygen atoms in total. The zero-order valence-electron chi connectivity index (χ0n) is 20.9. The Morgan fingerprint density at radius 3 is 2.86 bits per heavy atom. The lowest BCUT2D eigenvalue weighted by Crippen LogP contribution is -2.24. The molecule has 0 amide bonds. The van der Waals surface area contributed by atoms with Crippen molar-refractivity contribution < 1.29 is 9.84 Å². The van der Waals surface area contributed by atoms with Gasteiger partial charge in [0.05, 0.1) is 18.2 Å². The van der Waals surface area contributed by atoms with Gasteiger partial charge < -0.3 is 19.6 Å². The third-order valence-corrected chi connectivity index (χ3v) is 7.28. The van der Waals surface area contributed by atoms with E-state index in [-0.39, 0.29) is 6.10 Å². The molecule has 0 radical (unpaired) electrons. The number of hydrogen-bond acceptors (Lipinski definition) is 7. The number of rotatable bonds is 8. The number of ether oxygens (including phenoxy) is 1. The molecule has 1 N–H and O–H groups in total. The zero-order chi connectivity index (χ0) is 25.2. The standard InChI is InChI=1S/C30H31N5O2/c1-2-21-16-27-29(31-18-21)30(33-20-32-27)35-14-11-26-25(8-4-9-28(26)35)22-6-3-7-24(17-22)37-15-5-12-34-13-10-23(36)19-34/h2-4,6-9,16-18,20,23,36H,1,5,10-15,19H2/t23-/m0/s1. The summed E-state index contributed by atoms with van der Waals surface area (Å²) in [6, 6.07) is 16.8. The van der Waals surface area contributed by atoms with Crippen molar-refractivity contribution in [1.82, 2.24) is 19.9 Å². The number of anilines is 2. The van der Waals surface area contributed by atoms with Crippen molar-refractivity contribution in [3.8, 4) is 16.9 Å². The first-order chi connectivity index (χ1) is 18.2. The molecule has 37 heavy (non-hydrogen) atoms. The van der Waals surface area contributed by atoms with Crippen LogP contribution in [0, 0.1) is 0 Å². The van der Waals surface area contributed by atoms with Crippen molar-refractivity contribution in [1.29, 1.82) is 0 Å². The van der Waals surface area contributed by atoms with Gasteiger partial charge in [-0.05, 0) is 65.8 Å². The van der Waals surface area contributed by atoms with Crippen LogP contribution in [-0.2, 0) is 6.42 Å². The van der Waals surface area contributed by atoms with E-state index in [1.165, 1.54) is 11.1 Å². The molecule has 188 valence electrons. The molecule has 4 heterocycles. The van der Waals surface area contributed by atoms with Gasteiger partial charge in [-0.25, -0.2) is 9.97 Å². The number of benzene rings is 2. The average molecular weight is 494 g/mol. The normalized spacial score (nSPS) is 17.3. The Hall–Kier alpha value is -3.81. The Bertz CT molecular complexity index is 1440. The van der Waals surface area contributed by atoms with Gasteiger partial charge in [0, 0.05) is 38.1 Å². The quantitative estimate of drug-likeness (QED) is 0.351. The van der Waals surface area contributed by atoms with E-state index in [2.05, 4.69) is 67.7 Å². The second kappa shape index (κ2) is 10.3. The highest BCUT2D eigenvalue weighted by Crippen LogP contribution is 2.41. The molecule has 0 aliphatic carbocycles. The smallest absolute Gasteiger partial charge is 0.163 e. The van der Waals surface area contributed by atoms with Crippen LogP contribution in [0.2, 0.25) is 0 Å². The lowest BCUT2D eigenvalue weighted by Gasteiger charge is -2.20. The highest BCUT2D eigenvalue weighted by molar-refractivity contribution is 5.91. The van der Waals surface area contributed by atoms with Gasteiger partial charge >= 0.3 is 0 Å². The number of nitrogens with zero attached hydrogens (tertiary/aromatic N) is 5. The molecule has 0 spiro atoms. The van der Waals surface area contributed by atoms with Crippen molar-refractivity contribution >= 4 is 28.6 Å². The lowest BCUT2D eigenvalue weighted by molar-refractivity contribution is 0.173. The third kappa shape index (κ3) is 4.80. The van der Waals surface area contributed by atoms with Gasteiger partial charge in [-0.1, -0.05) is 36.9 Å². The van der Waals surface area contributed by atoms with E-state index in [0.717, 1.165) is 84.9 Å². The number of pyridine rings is 1. The van der Waals surface area contributed by atoms with Crippen molar-refractivity contribution in [2.45, 2.75) is 25.4 Å². The van der Waals surface area contributed by atoms with Crippen LogP contribution < -0.4 is 9.64 Å². The first-order valence-electron chi connectivity index (χ1n) is 13.0. The Morgan fingerprint density at radius 2 is 2.00 bits per heavy atom. The molecule has 7 heteroatoms. The van der Waals surface area contributed by atoms with Crippen molar-refractivity contribution in [2.24, 2.45) is 0 Å². The van der Waals surface area contributed by atoms with Crippen LogP contribution in [0.15, 0.2) is 67.6 Å². The Kier molecular flexibility index (Phi) is 6.55. The summed E-state index contributed by atoms with van der Waals surface area (Å²) in [5, 5.41) is 9.70. The minimum Gasteiger partial charge on any atom is -0.494 e. The molecule has 0 bridgehead atoms. The predicted molar refractivity (Wildman–Crippen MR) is 147 cm³/mol. The minimum atomic E-state index is -0.171. The molecular weight excluding hydrogens is 462 g/mol. The summed E-state index contributed by atoms with van der Waals surface area (Å²) >= 11 is 0. The minimum absolute atomic E-state index is 0.171. The maximum Gasteiger partial charge on any atom is 0.163 e. The summed E-state index contributed by atoms with van der Waals surface area (Å²) in [7, 11) is 0. The maximum atomic E-state index is 9.70. The van der Waals surface area contributed by atoms with Gasteiger partial charge in [0.25, 0.3) is 0 Å². The van der Waals surface area contributed by atoms with E-state index in [9.17, 15) is 5.11 Å². The van der Waals surface area contributed by atoms with Gasteiger partial charge in [0.1, 0.15) is 17.6 Å². The van der Waals surface area contributed by atoms with E-state index < -0.39 is 0 Å². The molecule has 2 aromatic carbocycles. The van der Waals surface area contributed by atoms with E-state index in [4.69, 9.17) is 4.74 Å². The summed E-state index contributed by atoms with van der Waals surface area (Å²) < 4.78 is 6.10. The van der Waals surface area contributed by atoms with Crippen LogP contribution >= 0.6 is 0 Å². The number of hydrogen-bond donors (Lipinski definition) is 1. The zero-order valence-corrected chi connectivity index (χ0v) is 20.9. The molecule has 1 atom stereocenters. The van der Waals surface area contributed by atoms with E-state index in [1.54, 1.807) is 12.4 Å². The number of likely N-dealkylation sites (tertiary alicyclic amines) is 1. The first-order valence-corrected chi connectivity index (χ1v) is 13.0. The van der Waals surface area contributed by atoms with Gasteiger partial charge in [0.2, 0.25) is 0 Å². The molecule has 2 aliphatic rings. The molecule has 1 fully saturated rings. The van der Waals surface area contributed by atoms with Gasteiger partial charge in [-0.2, -0.15) is 0 Å². The number of aliphatic hydroxyl groups is 1. The van der Waals surface area contributed by atoms with E-state index in [1.807, 2.05) is 18.3 Å². The van der Waals surface area contributed by atoms with Crippen LogP contribution in [0.5, 0.6) is 5.75 Å². The van der Waals surface area contributed by atoms with Gasteiger partial charge in [-0.3, -0.25) is 4.98 Å². The summed E-state index contributed by atoms with van der Waals surface area (Å²) in [6.07, 6.45) is 7.78. The first kappa shape index (κ1) is 23.6. The predicted octanol–water partition coefficient (Wildman–Crippen LogP) is 4.86. The van der Waals surface area contributed by atoms with Gasteiger partial charge in [-0.15, -0.1) is 0 Å². The monoisotopic (exact) mass is 493 g/mol. The van der Waals surface area contributed by atoms with Crippen molar-refractivity contribution in [2.75, 3.05) is 37.7 Å². The van der Waals surface area contributed by atoms with E-state index >= 15 is 0 Å². The number of aromatic nitrogens is 3. The van der Waals surface area contributed by atoms with E-state index in [0.29, 0.717) is 6.61 Å². The molecule has 2 aromatic heterocycles. The van der Waals surface area contributed by atoms with Crippen molar-refractivity contribution in [3.05, 3.63) is 78.8 Å². The second-order valence-electron chi connectivity index (χ2n) is 9.72.